The van der Waals surface area contributed by atoms with Gasteiger partial charge in [0.15, 0.2) is 5.96 Å². The average molecular weight is 541 g/mol. The number of halogens is 3. The summed E-state index contributed by atoms with van der Waals surface area (Å²) in [5.74, 6) is 0.381. The minimum absolute atomic E-state index is 0. The number of nitrogens with zero attached hydrogens (tertiary/aromatic N) is 2. The van der Waals surface area contributed by atoms with Crippen LogP contribution in [0.25, 0.3) is 0 Å². The summed E-state index contributed by atoms with van der Waals surface area (Å²) < 4.78 is 18.1. The lowest BCUT2D eigenvalue weighted by atomic mass is 9.84. The lowest BCUT2D eigenvalue weighted by molar-refractivity contribution is 0.111. The van der Waals surface area contributed by atoms with Crippen molar-refractivity contribution in [3.05, 3.63) is 34.6 Å². The molecule has 0 unspecified atom stereocenters. The van der Waals surface area contributed by atoms with Gasteiger partial charge in [-0.25, -0.2) is 9.18 Å². The zero-order valence-corrected chi connectivity index (χ0v) is 20.5. The van der Waals surface area contributed by atoms with E-state index in [0.717, 1.165) is 30.9 Å². The third-order valence-electron chi connectivity index (χ3n) is 4.91. The maximum Gasteiger partial charge on any atom is 0.409 e. The molecule has 1 aromatic carbocycles. The van der Waals surface area contributed by atoms with Gasteiger partial charge in [-0.1, -0.05) is 31.5 Å². The Morgan fingerprint density at radius 2 is 2.03 bits per heavy atom. The number of ether oxygens (including phenoxy) is 1. The van der Waals surface area contributed by atoms with E-state index in [0.29, 0.717) is 24.7 Å². The molecule has 1 fully saturated rings. The SMILES string of the molecule is CCNC(=NCC(C)(C)c1ccc(F)cc1Cl)NC1CCN(C(=O)OC)CC1.I. The van der Waals surface area contributed by atoms with E-state index in [4.69, 9.17) is 21.3 Å². The van der Waals surface area contributed by atoms with Crippen LogP contribution < -0.4 is 10.6 Å². The molecule has 0 spiro atoms. The second kappa shape index (κ2) is 11.8. The van der Waals surface area contributed by atoms with Crippen LogP contribution >= 0.6 is 35.6 Å². The number of piperidine rings is 1. The largest absolute Gasteiger partial charge is 0.453 e. The number of hydrogen-bond acceptors (Lipinski definition) is 3. The highest BCUT2D eigenvalue weighted by atomic mass is 127. The van der Waals surface area contributed by atoms with E-state index < -0.39 is 0 Å². The predicted molar refractivity (Wildman–Crippen MR) is 126 cm³/mol. The lowest BCUT2D eigenvalue weighted by Gasteiger charge is -2.32. The molecule has 2 N–H and O–H groups in total. The van der Waals surface area contributed by atoms with E-state index in [1.165, 1.54) is 19.2 Å². The molecule has 0 radical (unpaired) electrons. The molecule has 1 aromatic rings. The molecule has 0 saturated carbocycles. The van der Waals surface area contributed by atoms with E-state index in [1.807, 2.05) is 20.8 Å². The summed E-state index contributed by atoms with van der Waals surface area (Å²) in [7, 11) is 1.40. The molecular weight excluding hydrogens is 510 g/mol. The van der Waals surface area contributed by atoms with Crippen LogP contribution in [0.3, 0.4) is 0 Å². The summed E-state index contributed by atoms with van der Waals surface area (Å²) in [4.78, 5) is 18.0. The zero-order chi connectivity index (χ0) is 20.7. The maximum atomic E-state index is 13.3. The summed E-state index contributed by atoms with van der Waals surface area (Å²) in [6.45, 7) is 8.63. The first-order chi connectivity index (χ1) is 13.3. The summed E-state index contributed by atoms with van der Waals surface area (Å²) in [6, 6.07) is 4.71. The van der Waals surface area contributed by atoms with Crippen LogP contribution in [0.4, 0.5) is 9.18 Å². The first-order valence-corrected chi connectivity index (χ1v) is 9.98. The Hall–Kier alpha value is -1.29. The van der Waals surface area contributed by atoms with Crippen molar-refractivity contribution in [3.8, 4) is 0 Å². The molecule has 0 aliphatic carbocycles. The van der Waals surface area contributed by atoms with Gasteiger partial charge in [0, 0.05) is 36.1 Å². The number of carbonyl (C=O) groups is 1. The summed E-state index contributed by atoms with van der Waals surface area (Å²) in [5.41, 5.74) is 0.517. The van der Waals surface area contributed by atoms with Gasteiger partial charge in [0.1, 0.15) is 5.82 Å². The summed E-state index contributed by atoms with van der Waals surface area (Å²) >= 11 is 6.24. The first kappa shape index (κ1) is 25.7. The van der Waals surface area contributed by atoms with Gasteiger partial charge in [-0.2, -0.15) is 0 Å². The Morgan fingerprint density at radius 3 is 2.59 bits per heavy atom. The molecule has 1 aliphatic heterocycles. The van der Waals surface area contributed by atoms with E-state index >= 15 is 0 Å². The minimum atomic E-state index is -0.346. The molecule has 2 rings (SSSR count). The molecule has 1 saturated heterocycles. The number of carbonyl (C=O) groups excluding carboxylic acids is 1. The predicted octanol–water partition coefficient (Wildman–Crippen LogP) is 4.16. The number of amides is 1. The lowest BCUT2D eigenvalue weighted by Crippen LogP contribution is -2.50. The second-order valence-corrected chi connectivity index (χ2v) is 7.99. The second-order valence-electron chi connectivity index (χ2n) is 7.58. The fraction of sp³-hybridized carbons (Fsp3) is 0.600. The highest BCUT2D eigenvalue weighted by molar-refractivity contribution is 14.0. The molecule has 6 nitrogen and oxygen atoms in total. The van der Waals surface area contributed by atoms with Crippen LogP contribution in [0.1, 0.15) is 39.2 Å². The molecule has 9 heteroatoms. The Balaban J connectivity index is 0.00000420. The van der Waals surface area contributed by atoms with Crippen LogP contribution in [0.5, 0.6) is 0 Å². The van der Waals surface area contributed by atoms with Crippen molar-refractivity contribution in [2.24, 2.45) is 4.99 Å². The monoisotopic (exact) mass is 540 g/mol. The van der Waals surface area contributed by atoms with Gasteiger partial charge in [0.05, 0.1) is 13.7 Å². The number of hydrogen-bond donors (Lipinski definition) is 2. The normalized spacial score (nSPS) is 15.5. The Kier molecular flexibility index (Phi) is 10.5. The van der Waals surface area contributed by atoms with Crippen molar-refractivity contribution in [3.63, 3.8) is 0 Å². The maximum absolute atomic E-state index is 13.3. The molecule has 0 aromatic heterocycles. The number of methoxy groups -OCH3 is 1. The van der Waals surface area contributed by atoms with Gasteiger partial charge in [-0.15, -0.1) is 24.0 Å². The quantitative estimate of drug-likeness (QED) is 0.334. The molecule has 1 amide bonds. The summed E-state index contributed by atoms with van der Waals surface area (Å²) in [6.07, 6.45) is 1.37. The molecule has 1 aliphatic rings. The Morgan fingerprint density at radius 1 is 1.38 bits per heavy atom. The van der Waals surface area contributed by atoms with Gasteiger partial charge < -0.3 is 20.3 Å². The van der Waals surface area contributed by atoms with Crippen LogP contribution in [0.2, 0.25) is 5.02 Å². The fourth-order valence-corrected chi connectivity index (χ4v) is 3.67. The highest BCUT2D eigenvalue weighted by Crippen LogP contribution is 2.30. The molecule has 29 heavy (non-hydrogen) atoms. The van der Waals surface area contributed by atoms with Gasteiger partial charge in [0.2, 0.25) is 0 Å². The van der Waals surface area contributed by atoms with Gasteiger partial charge in [-0.3, -0.25) is 4.99 Å². The van der Waals surface area contributed by atoms with Gasteiger partial charge in [0.25, 0.3) is 0 Å². The minimum Gasteiger partial charge on any atom is -0.453 e. The standard InChI is InChI=1S/C20H30ClFN4O2.HI/c1-5-23-18(25-15-8-10-26(11-9-15)19(27)28-4)24-13-20(2,3)16-7-6-14(22)12-17(16)21;/h6-7,12,15H,5,8-11,13H2,1-4H3,(H2,23,24,25);1H. The number of aliphatic imine (C=N–C) groups is 1. The van der Waals surface area contributed by atoms with Crippen molar-refractivity contribution >= 4 is 47.6 Å². The van der Waals surface area contributed by atoms with Crippen LogP contribution in [-0.2, 0) is 10.2 Å². The van der Waals surface area contributed by atoms with Crippen molar-refractivity contribution < 1.29 is 13.9 Å². The number of benzene rings is 1. The van der Waals surface area contributed by atoms with Crippen LogP contribution in [0, 0.1) is 5.82 Å². The first-order valence-electron chi connectivity index (χ1n) is 9.60. The number of likely N-dealkylation sites (tertiary alicyclic amines) is 1. The van der Waals surface area contributed by atoms with E-state index in [2.05, 4.69) is 10.6 Å². The summed E-state index contributed by atoms with van der Waals surface area (Å²) in [5, 5.41) is 7.12. The number of guanidine groups is 1. The fourth-order valence-electron chi connectivity index (χ4n) is 3.25. The van der Waals surface area contributed by atoms with E-state index in [-0.39, 0.29) is 47.3 Å². The third kappa shape index (κ3) is 7.47. The van der Waals surface area contributed by atoms with Crippen molar-refractivity contribution in [2.45, 2.75) is 45.1 Å². The Labute approximate surface area is 194 Å². The topological polar surface area (TPSA) is 66.0 Å². The molecule has 164 valence electrons. The highest BCUT2D eigenvalue weighted by Gasteiger charge is 2.26. The average Bonchev–Trinajstić information content (AvgIpc) is 2.66. The zero-order valence-electron chi connectivity index (χ0n) is 17.4. The smallest absolute Gasteiger partial charge is 0.409 e. The van der Waals surface area contributed by atoms with E-state index in [1.54, 1.807) is 11.0 Å². The van der Waals surface area contributed by atoms with Gasteiger partial charge in [-0.05, 0) is 37.5 Å². The number of nitrogens with one attached hydrogen (secondary N) is 2. The van der Waals surface area contributed by atoms with Crippen molar-refractivity contribution in [1.29, 1.82) is 0 Å². The van der Waals surface area contributed by atoms with Crippen LogP contribution in [-0.4, -0.2) is 56.3 Å². The van der Waals surface area contributed by atoms with Gasteiger partial charge >= 0.3 is 6.09 Å². The van der Waals surface area contributed by atoms with Crippen molar-refractivity contribution in [2.75, 3.05) is 33.3 Å². The number of rotatable bonds is 5. The molecule has 1 heterocycles. The van der Waals surface area contributed by atoms with Crippen molar-refractivity contribution in [1.82, 2.24) is 15.5 Å². The molecule has 0 bridgehead atoms. The van der Waals surface area contributed by atoms with E-state index in [9.17, 15) is 9.18 Å². The third-order valence-corrected chi connectivity index (χ3v) is 5.22. The Bertz CT molecular complexity index is 710. The molecular formula is C20H31ClFIN4O2. The molecule has 0 atom stereocenters. The van der Waals surface area contributed by atoms with Crippen LogP contribution in [0.15, 0.2) is 23.2 Å².